The molecule has 6 nitrogen and oxygen atoms in total. The van der Waals surface area contributed by atoms with Crippen molar-refractivity contribution >= 4 is 6.21 Å². The first-order valence-corrected chi connectivity index (χ1v) is 6.91. The van der Waals surface area contributed by atoms with Gasteiger partial charge < -0.3 is 15.2 Å². The van der Waals surface area contributed by atoms with Crippen molar-refractivity contribution in [1.29, 1.82) is 0 Å². The van der Waals surface area contributed by atoms with Crippen LogP contribution >= 0.6 is 0 Å². The van der Waals surface area contributed by atoms with E-state index >= 15 is 0 Å². The average molecular weight is 301 g/mol. The second kappa shape index (κ2) is 6.53. The van der Waals surface area contributed by atoms with E-state index < -0.39 is 0 Å². The number of rotatable bonds is 4. The van der Waals surface area contributed by atoms with Crippen molar-refractivity contribution in [3.63, 3.8) is 0 Å². The molecule has 116 valence electrons. The van der Waals surface area contributed by atoms with E-state index in [0.717, 1.165) is 11.3 Å². The maximum absolute atomic E-state index is 11.9. The van der Waals surface area contributed by atoms with Gasteiger partial charge in [-0.15, -0.1) is 0 Å². The fourth-order valence-corrected chi connectivity index (χ4v) is 2.23. The quantitative estimate of drug-likeness (QED) is 0.745. The highest BCUT2D eigenvalue weighted by Gasteiger charge is 2.09. The lowest BCUT2D eigenvalue weighted by molar-refractivity contribution is 0.280. The van der Waals surface area contributed by atoms with Crippen LogP contribution in [0.4, 0.5) is 0 Å². The van der Waals surface area contributed by atoms with Gasteiger partial charge in [0.2, 0.25) is 0 Å². The molecule has 0 atom stereocenters. The van der Waals surface area contributed by atoms with E-state index in [-0.39, 0.29) is 24.5 Å². The molecule has 0 saturated carbocycles. The molecule has 2 aromatic rings. The Bertz CT molecular complexity index is 779. The number of aryl methyl sites for hydroxylation is 3. The van der Waals surface area contributed by atoms with Gasteiger partial charge in [0, 0.05) is 34.8 Å². The third kappa shape index (κ3) is 3.23. The van der Waals surface area contributed by atoms with Crippen LogP contribution in [0.5, 0.6) is 5.75 Å². The second-order valence-electron chi connectivity index (χ2n) is 5.20. The summed E-state index contributed by atoms with van der Waals surface area (Å²) in [5.41, 5.74) is 3.47. The van der Waals surface area contributed by atoms with Gasteiger partial charge in [-0.2, -0.15) is 0 Å². The third-order valence-corrected chi connectivity index (χ3v) is 3.49. The second-order valence-corrected chi connectivity index (χ2v) is 5.20. The van der Waals surface area contributed by atoms with Crippen molar-refractivity contribution in [1.82, 2.24) is 9.97 Å². The van der Waals surface area contributed by atoms with E-state index in [1.807, 2.05) is 19.9 Å². The summed E-state index contributed by atoms with van der Waals surface area (Å²) >= 11 is 0. The molecule has 0 spiro atoms. The largest absolute Gasteiger partial charge is 0.505 e. The van der Waals surface area contributed by atoms with Crippen LogP contribution in [0.3, 0.4) is 0 Å². The maximum Gasteiger partial charge on any atom is 0.253 e. The smallest absolute Gasteiger partial charge is 0.253 e. The van der Waals surface area contributed by atoms with Crippen molar-refractivity contribution in [2.45, 2.75) is 33.9 Å². The Morgan fingerprint density at radius 2 is 2.09 bits per heavy atom. The Labute approximate surface area is 128 Å². The molecule has 0 saturated heterocycles. The fraction of sp³-hybridized carbons (Fsp3) is 0.312. The fourth-order valence-electron chi connectivity index (χ4n) is 2.23. The van der Waals surface area contributed by atoms with Gasteiger partial charge in [-0.05, 0) is 32.4 Å². The molecule has 2 rings (SSSR count). The number of aliphatic hydroxyl groups is 1. The summed E-state index contributed by atoms with van der Waals surface area (Å²) in [4.78, 5) is 22.9. The van der Waals surface area contributed by atoms with Crippen LogP contribution in [0.2, 0.25) is 0 Å². The van der Waals surface area contributed by atoms with Crippen LogP contribution in [-0.4, -0.2) is 26.4 Å². The van der Waals surface area contributed by atoms with E-state index in [9.17, 15) is 15.0 Å². The molecule has 0 bridgehead atoms. The predicted octanol–water partition coefficient (Wildman–Crippen LogP) is 1.51. The van der Waals surface area contributed by atoms with Gasteiger partial charge in [0.05, 0.1) is 18.8 Å². The Morgan fingerprint density at radius 3 is 2.73 bits per heavy atom. The average Bonchev–Trinajstić information content (AvgIpc) is 2.46. The van der Waals surface area contributed by atoms with Gasteiger partial charge >= 0.3 is 0 Å². The molecule has 0 aliphatic heterocycles. The highest BCUT2D eigenvalue weighted by atomic mass is 16.3. The predicted molar refractivity (Wildman–Crippen MR) is 84.4 cm³/mol. The molecule has 2 heterocycles. The normalized spacial score (nSPS) is 11.3. The van der Waals surface area contributed by atoms with E-state index in [2.05, 4.69) is 15.0 Å². The molecule has 0 aromatic carbocycles. The lowest BCUT2D eigenvalue weighted by Gasteiger charge is -2.07. The van der Waals surface area contributed by atoms with Crippen LogP contribution in [0.15, 0.2) is 22.1 Å². The lowest BCUT2D eigenvalue weighted by atomic mass is 10.1. The molecule has 0 fully saturated rings. The number of aromatic nitrogens is 2. The number of aromatic amines is 1. The van der Waals surface area contributed by atoms with Gasteiger partial charge in [0.1, 0.15) is 5.75 Å². The number of nitrogens with one attached hydrogen (secondary N) is 1. The first-order valence-electron chi connectivity index (χ1n) is 6.91. The zero-order valence-corrected chi connectivity index (χ0v) is 12.8. The number of aromatic hydroxyl groups is 1. The Morgan fingerprint density at radius 1 is 1.36 bits per heavy atom. The van der Waals surface area contributed by atoms with Crippen molar-refractivity contribution < 1.29 is 10.2 Å². The summed E-state index contributed by atoms with van der Waals surface area (Å²) in [7, 11) is 0. The van der Waals surface area contributed by atoms with E-state index in [4.69, 9.17) is 0 Å². The first kappa shape index (κ1) is 15.9. The lowest BCUT2D eigenvalue weighted by Crippen LogP contribution is -2.15. The number of pyridine rings is 2. The Kier molecular flexibility index (Phi) is 4.72. The molecule has 0 aliphatic carbocycles. The summed E-state index contributed by atoms with van der Waals surface area (Å²) in [6.45, 7) is 5.31. The van der Waals surface area contributed by atoms with Crippen LogP contribution in [0.1, 0.15) is 33.6 Å². The molecule has 2 aromatic heterocycles. The molecule has 0 unspecified atom stereocenters. The standard InChI is InChI=1S/C16H19N3O3/c1-9-4-10(2)19-16(22)13(9)6-17-7-14-12(8-20)5-18-11(3)15(14)21/h4-5,7,20-21H,6,8H2,1-3H3,(H,19,22). The van der Waals surface area contributed by atoms with E-state index in [1.165, 1.54) is 12.4 Å². The zero-order chi connectivity index (χ0) is 16.3. The van der Waals surface area contributed by atoms with Gasteiger partial charge in [0.15, 0.2) is 0 Å². The third-order valence-electron chi connectivity index (χ3n) is 3.49. The monoisotopic (exact) mass is 301 g/mol. The first-order chi connectivity index (χ1) is 10.4. The topological polar surface area (TPSA) is 98.6 Å². The summed E-state index contributed by atoms with van der Waals surface area (Å²) < 4.78 is 0. The number of hydrogen-bond donors (Lipinski definition) is 3. The van der Waals surface area contributed by atoms with Gasteiger partial charge in [-0.25, -0.2) is 0 Å². The van der Waals surface area contributed by atoms with Crippen LogP contribution in [-0.2, 0) is 13.2 Å². The summed E-state index contributed by atoms with van der Waals surface area (Å²) in [5, 5.41) is 19.3. The van der Waals surface area contributed by atoms with Gasteiger partial charge in [-0.3, -0.25) is 14.8 Å². The Balaban J connectivity index is 2.32. The molecular formula is C16H19N3O3. The van der Waals surface area contributed by atoms with Crippen molar-refractivity contribution in [2.24, 2.45) is 4.99 Å². The highest BCUT2D eigenvalue weighted by Crippen LogP contribution is 2.22. The number of H-pyrrole nitrogens is 1. The van der Waals surface area contributed by atoms with Gasteiger partial charge in [0.25, 0.3) is 5.56 Å². The SMILES string of the molecule is Cc1cc(C)c(CN=Cc2c(CO)cnc(C)c2O)c(=O)[nH]1. The van der Waals surface area contributed by atoms with Crippen LogP contribution in [0.25, 0.3) is 0 Å². The van der Waals surface area contributed by atoms with E-state index in [1.54, 1.807) is 6.92 Å². The molecule has 0 amide bonds. The minimum atomic E-state index is -0.244. The molecule has 6 heteroatoms. The molecule has 0 aliphatic rings. The molecule has 0 radical (unpaired) electrons. The summed E-state index contributed by atoms with van der Waals surface area (Å²) in [5.74, 6) is -0.00941. The van der Waals surface area contributed by atoms with Crippen molar-refractivity contribution in [3.05, 3.63) is 56.3 Å². The van der Waals surface area contributed by atoms with Gasteiger partial charge in [-0.1, -0.05) is 0 Å². The van der Waals surface area contributed by atoms with Crippen LogP contribution < -0.4 is 5.56 Å². The molecule has 22 heavy (non-hydrogen) atoms. The van der Waals surface area contributed by atoms with Crippen molar-refractivity contribution in [2.75, 3.05) is 0 Å². The number of nitrogens with zero attached hydrogens (tertiary/aromatic N) is 2. The highest BCUT2D eigenvalue weighted by molar-refractivity contribution is 5.85. The maximum atomic E-state index is 11.9. The summed E-state index contributed by atoms with van der Waals surface area (Å²) in [6, 6.07) is 1.89. The van der Waals surface area contributed by atoms with Crippen molar-refractivity contribution in [3.8, 4) is 5.75 Å². The minimum Gasteiger partial charge on any atom is -0.505 e. The molecule has 3 N–H and O–H groups in total. The number of hydrogen-bond acceptors (Lipinski definition) is 5. The number of aliphatic imine (C=N–C) groups is 1. The zero-order valence-electron chi connectivity index (χ0n) is 12.8. The number of aliphatic hydroxyl groups excluding tert-OH is 1. The van der Waals surface area contributed by atoms with Crippen LogP contribution in [0, 0.1) is 20.8 Å². The minimum absolute atomic E-state index is 0.00941. The Hall–Kier alpha value is -2.47. The summed E-state index contributed by atoms with van der Waals surface area (Å²) in [6.07, 6.45) is 2.97. The molecular weight excluding hydrogens is 282 g/mol. The van der Waals surface area contributed by atoms with E-state index in [0.29, 0.717) is 22.4 Å².